The summed E-state index contributed by atoms with van der Waals surface area (Å²) in [5.41, 5.74) is 1.20. The molecule has 0 spiro atoms. The first-order chi connectivity index (χ1) is 12.1. The largest absolute Gasteiger partial charge is 0.394 e. The van der Waals surface area contributed by atoms with Crippen molar-refractivity contribution in [2.24, 2.45) is 0 Å². The molecular weight excluding hydrogens is 326 g/mol. The van der Waals surface area contributed by atoms with Gasteiger partial charge in [0.25, 0.3) is 5.91 Å². The summed E-state index contributed by atoms with van der Waals surface area (Å²) in [4.78, 5) is 14.5. The highest BCUT2D eigenvalue weighted by molar-refractivity contribution is 5.99. The molecule has 1 saturated heterocycles. The Morgan fingerprint density at radius 1 is 1.24 bits per heavy atom. The molecule has 0 saturated carbocycles. The molecule has 1 atom stereocenters. The van der Waals surface area contributed by atoms with Crippen LogP contribution in [0.25, 0.3) is 0 Å². The van der Waals surface area contributed by atoms with E-state index < -0.39 is 11.6 Å². The second-order valence-electron chi connectivity index (χ2n) is 6.11. The Morgan fingerprint density at radius 2 is 2.04 bits per heavy atom. The molecule has 3 rings (SSSR count). The minimum atomic E-state index is -0.509. The molecule has 2 N–H and O–H groups in total. The Kier molecular flexibility index (Phi) is 5.28. The first-order valence-electron chi connectivity index (χ1n) is 8.29. The Balaban J connectivity index is 1.79. The fraction of sp³-hybridized carbons (Fsp3) is 0.316. The van der Waals surface area contributed by atoms with Crippen LogP contribution in [-0.4, -0.2) is 35.1 Å². The van der Waals surface area contributed by atoms with Gasteiger partial charge in [-0.1, -0.05) is 12.1 Å². The lowest BCUT2D eigenvalue weighted by atomic mass is 10.1. The molecule has 1 aliphatic rings. The third-order valence-electron chi connectivity index (χ3n) is 4.48. The number of nitrogens with zero attached hydrogens (tertiary/aromatic N) is 1. The van der Waals surface area contributed by atoms with Crippen molar-refractivity contribution in [3.63, 3.8) is 0 Å². The van der Waals surface area contributed by atoms with Gasteiger partial charge in [-0.15, -0.1) is 0 Å². The van der Waals surface area contributed by atoms with Gasteiger partial charge in [0.1, 0.15) is 11.6 Å². The molecule has 0 aromatic heterocycles. The van der Waals surface area contributed by atoms with Gasteiger partial charge in [-0.05, 0) is 43.2 Å². The standard InChI is InChI=1S/C19H20F2N2O2/c20-14-7-8-17(21)13(10-14)11-22-18-6-2-1-5-16(18)19(25)23-9-3-4-15(23)12-24/h1-2,5-8,10,15,22,24H,3-4,9,11-12H2. The Hall–Kier alpha value is -2.47. The van der Waals surface area contributed by atoms with Crippen LogP contribution in [0.15, 0.2) is 42.5 Å². The molecule has 1 fully saturated rings. The molecular formula is C19H20F2N2O2. The number of carbonyl (C=O) groups is 1. The quantitative estimate of drug-likeness (QED) is 0.874. The zero-order chi connectivity index (χ0) is 17.8. The third kappa shape index (κ3) is 3.79. The lowest BCUT2D eigenvalue weighted by Crippen LogP contribution is -2.37. The zero-order valence-corrected chi connectivity index (χ0v) is 13.7. The number of anilines is 1. The van der Waals surface area contributed by atoms with Crippen LogP contribution in [0.2, 0.25) is 0 Å². The summed E-state index contributed by atoms with van der Waals surface area (Å²) in [6, 6.07) is 10.1. The summed E-state index contributed by atoms with van der Waals surface area (Å²) in [5.74, 6) is -1.18. The van der Waals surface area contributed by atoms with Crippen molar-refractivity contribution in [1.82, 2.24) is 4.90 Å². The van der Waals surface area contributed by atoms with E-state index in [-0.39, 0.29) is 30.7 Å². The number of carbonyl (C=O) groups excluding carboxylic acids is 1. The molecule has 132 valence electrons. The van der Waals surface area contributed by atoms with Crippen LogP contribution in [0.4, 0.5) is 14.5 Å². The third-order valence-corrected chi connectivity index (χ3v) is 4.48. The number of aliphatic hydroxyl groups excluding tert-OH is 1. The van der Waals surface area contributed by atoms with Gasteiger partial charge in [0.15, 0.2) is 0 Å². The fourth-order valence-electron chi connectivity index (χ4n) is 3.14. The van der Waals surface area contributed by atoms with Crippen LogP contribution in [-0.2, 0) is 6.54 Å². The van der Waals surface area contributed by atoms with E-state index in [0.29, 0.717) is 17.8 Å². The second-order valence-corrected chi connectivity index (χ2v) is 6.11. The Labute approximate surface area is 145 Å². The average molecular weight is 346 g/mol. The summed E-state index contributed by atoms with van der Waals surface area (Å²) in [6.07, 6.45) is 1.65. The van der Waals surface area contributed by atoms with Crippen molar-refractivity contribution < 1.29 is 18.7 Å². The van der Waals surface area contributed by atoms with E-state index in [2.05, 4.69) is 5.32 Å². The van der Waals surface area contributed by atoms with E-state index in [9.17, 15) is 18.7 Å². The van der Waals surface area contributed by atoms with Gasteiger partial charge in [0.05, 0.1) is 18.2 Å². The summed E-state index contributed by atoms with van der Waals surface area (Å²) in [6.45, 7) is 0.615. The van der Waals surface area contributed by atoms with Crippen LogP contribution in [0.3, 0.4) is 0 Å². The maximum atomic E-state index is 13.8. The van der Waals surface area contributed by atoms with Gasteiger partial charge in [0.2, 0.25) is 0 Å². The van der Waals surface area contributed by atoms with Crippen molar-refractivity contribution in [3.8, 4) is 0 Å². The van der Waals surface area contributed by atoms with Crippen LogP contribution in [0.1, 0.15) is 28.8 Å². The smallest absolute Gasteiger partial charge is 0.256 e. The Bertz CT molecular complexity index is 767. The highest BCUT2D eigenvalue weighted by Crippen LogP contribution is 2.24. The van der Waals surface area contributed by atoms with Crippen molar-refractivity contribution in [2.45, 2.75) is 25.4 Å². The van der Waals surface area contributed by atoms with Gasteiger partial charge < -0.3 is 15.3 Å². The number of hydrogen-bond donors (Lipinski definition) is 2. The predicted molar refractivity (Wildman–Crippen MR) is 91.3 cm³/mol. The topological polar surface area (TPSA) is 52.6 Å². The molecule has 1 aliphatic heterocycles. The van der Waals surface area contributed by atoms with E-state index in [0.717, 1.165) is 31.0 Å². The van der Waals surface area contributed by atoms with E-state index in [1.807, 2.05) is 0 Å². The first-order valence-corrected chi connectivity index (χ1v) is 8.29. The fourth-order valence-corrected chi connectivity index (χ4v) is 3.14. The number of nitrogens with one attached hydrogen (secondary N) is 1. The molecule has 25 heavy (non-hydrogen) atoms. The van der Waals surface area contributed by atoms with E-state index in [1.54, 1.807) is 29.2 Å². The van der Waals surface area contributed by atoms with Gasteiger partial charge in [0, 0.05) is 24.3 Å². The average Bonchev–Trinajstić information content (AvgIpc) is 3.11. The summed E-state index contributed by atoms with van der Waals surface area (Å²) < 4.78 is 27.1. The van der Waals surface area contributed by atoms with Gasteiger partial charge in [-0.3, -0.25) is 4.79 Å². The van der Waals surface area contributed by atoms with Crippen LogP contribution >= 0.6 is 0 Å². The Morgan fingerprint density at radius 3 is 2.84 bits per heavy atom. The number of aliphatic hydroxyl groups is 1. The molecule has 1 amide bonds. The van der Waals surface area contributed by atoms with Crippen molar-refractivity contribution >= 4 is 11.6 Å². The van der Waals surface area contributed by atoms with E-state index in [4.69, 9.17) is 0 Å². The lowest BCUT2D eigenvalue weighted by Gasteiger charge is -2.24. The van der Waals surface area contributed by atoms with Crippen LogP contribution in [0, 0.1) is 11.6 Å². The molecule has 2 aromatic carbocycles. The second kappa shape index (κ2) is 7.61. The van der Waals surface area contributed by atoms with Crippen molar-refractivity contribution in [2.75, 3.05) is 18.5 Å². The van der Waals surface area contributed by atoms with E-state index >= 15 is 0 Å². The van der Waals surface area contributed by atoms with Gasteiger partial charge in [-0.25, -0.2) is 8.78 Å². The normalized spacial score (nSPS) is 16.9. The number of likely N-dealkylation sites (tertiary alicyclic amines) is 1. The van der Waals surface area contributed by atoms with Crippen LogP contribution < -0.4 is 5.32 Å². The highest BCUT2D eigenvalue weighted by Gasteiger charge is 2.29. The molecule has 4 nitrogen and oxygen atoms in total. The molecule has 0 bridgehead atoms. The summed E-state index contributed by atoms with van der Waals surface area (Å²) >= 11 is 0. The lowest BCUT2D eigenvalue weighted by molar-refractivity contribution is 0.0678. The number of halogens is 2. The van der Waals surface area contributed by atoms with Gasteiger partial charge in [-0.2, -0.15) is 0 Å². The minimum absolute atomic E-state index is 0.0597. The molecule has 0 aliphatic carbocycles. The zero-order valence-electron chi connectivity index (χ0n) is 13.7. The minimum Gasteiger partial charge on any atom is -0.394 e. The maximum Gasteiger partial charge on any atom is 0.256 e. The summed E-state index contributed by atoms with van der Waals surface area (Å²) in [7, 11) is 0. The molecule has 6 heteroatoms. The van der Waals surface area contributed by atoms with Gasteiger partial charge >= 0.3 is 0 Å². The molecule has 0 radical (unpaired) electrons. The number of hydrogen-bond acceptors (Lipinski definition) is 3. The maximum absolute atomic E-state index is 13.8. The van der Waals surface area contributed by atoms with Crippen LogP contribution in [0.5, 0.6) is 0 Å². The monoisotopic (exact) mass is 346 g/mol. The number of rotatable bonds is 5. The molecule has 2 aromatic rings. The number of para-hydroxylation sites is 1. The molecule has 1 heterocycles. The highest BCUT2D eigenvalue weighted by atomic mass is 19.1. The summed E-state index contributed by atoms with van der Waals surface area (Å²) in [5, 5.41) is 12.4. The van der Waals surface area contributed by atoms with Crippen molar-refractivity contribution in [3.05, 3.63) is 65.2 Å². The van der Waals surface area contributed by atoms with Crippen molar-refractivity contribution in [1.29, 1.82) is 0 Å². The first kappa shape index (κ1) is 17.4. The number of amides is 1. The van der Waals surface area contributed by atoms with E-state index in [1.165, 1.54) is 0 Å². The molecule has 1 unspecified atom stereocenters. The number of benzene rings is 2. The SMILES string of the molecule is O=C(c1ccccc1NCc1cc(F)ccc1F)N1CCCC1CO. The predicted octanol–water partition coefficient (Wildman–Crippen LogP) is 3.17.